The Labute approximate surface area is 154 Å². The van der Waals surface area contributed by atoms with Crippen molar-refractivity contribution in [1.82, 2.24) is 20.8 Å². The van der Waals surface area contributed by atoms with Crippen molar-refractivity contribution in [3.63, 3.8) is 0 Å². The summed E-state index contributed by atoms with van der Waals surface area (Å²) in [5.41, 5.74) is 3.84. The molecule has 1 unspecified atom stereocenters. The van der Waals surface area contributed by atoms with Gasteiger partial charge in [-0.2, -0.15) is 5.10 Å². The maximum Gasteiger partial charge on any atom is 0.272 e. The number of nitrogens with zero attached hydrogens (tertiary/aromatic N) is 1. The summed E-state index contributed by atoms with van der Waals surface area (Å²) in [5, 5.41) is 13.6. The number of aryl methyl sites for hydroxylation is 1. The van der Waals surface area contributed by atoms with E-state index in [0.29, 0.717) is 12.2 Å². The van der Waals surface area contributed by atoms with Gasteiger partial charge in [-0.3, -0.25) is 9.89 Å². The molecule has 1 aliphatic heterocycles. The third-order valence-corrected chi connectivity index (χ3v) is 4.56. The second-order valence-electron chi connectivity index (χ2n) is 7.18. The molecule has 6 nitrogen and oxygen atoms in total. The van der Waals surface area contributed by atoms with Gasteiger partial charge in [0.15, 0.2) is 5.69 Å². The summed E-state index contributed by atoms with van der Waals surface area (Å²) in [6, 6.07) is 8.26. The van der Waals surface area contributed by atoms with E-state index in [2.05, 4.69) is 33.0 Å². The van der Waals surface area contributed by atoms with Crippen molar-refractivity contribution in [1.29, 1.82) is 0 Å². The highest BCUT2D eigenvalue weighted by atomic mass is 16.5. The molecule has 0 fully saturated rings. The van der Waals surface area contributed by atoms with Gasteiger partial charge in [0.05, 0.1) is 6.10 Å². The summed E-state index contributed by atoms with van der Waals surface area (Å²) in [6.07, 6.45) is 2.85. The molecule has 0 aliphatic carbocycles. The van der Waals surface area contributed by atoms with E-state index in [0.717, 1.165) is 42.8 Å². The Kier molecular flexibility index (Phi) is 5.93. The van der Waals surface area contributed by atoms with Gasteiger partial charge in [0.1, 0.15) is 5.75 Å². The highest BCUT2D eigenvalue weighted by Gasteiger charge is 2.22. The van der Waals surface area contributed by atoms with E-state index in [4.69, 9.17) is 4.74 Å². The van der Waals surface area contributed by atoms with E-state index in [-0.39, 0.29) is 18.1 Å². The summed E-state index contributed by atoms with van der Waals surface area (Å²) in [5.74, 6) is 0.793. The van der Waals surface area contributed by atoms with Gasteiger partial charge in [0.2, 0.25) is 0 Å². The fraction of sp³-hybridized carbons (Fsp3) is 0.500. The predicted octanol–water partition coefficient (Wildman–Crippen LogP) is 2.59. The zero-order valence-corrected chi connectivity index (χ0v) is 15.8. The number of aromatic nitrogens is 2. The fourth-order valence-corrected chi connectivity index (χ4v) is 3.17. The molecule has 0 saturated carbocycles. The minimum atomic E-state index is -0.0978. The number of aromatic amines is 1. The Morgan fingerprint density at radius 2 is 2.04 bits per heavy atom. The van der Waals surface area contributed by atoms with E-state index in [1.165, 1.54) is 5.56 Å². The molecule has 2 heterocycles. The van der Waals surface area contributed by atoms with Gasteiger partial charge in [0, 0.05) is 36.8 Å². The number of benzene rings is 1. The number of nitrogens with one attached hydrogen (secondary N) is 3. The van der Waals surface area contributed by atoms with Crippen LogP contribution >= 0.6 is 0 Å². The lowest BCUT2D eigenvalue weighted by molar-refractivity contribution is 0.0932. The van der Waals surface area contributed by atoms with Crippen LogP contribution in [0.25, 0.3) is 0 Å². The summed E-state index contributed by atoms with van der Waals surface area (Å²) < 4.78 is 5.66. The first-order chi connectivity index (χ1) is 12.5. The van der Waals surface area contributed by atoms with E-state index in [1.807, 2.05) is 32.9 Å². The minimum absolute atomic E-state index is 0.0815. The monoisotopic (exact) mass is 356 g/mol. The van der Waals surface area contributed by atoms with E-state index >= 15 is 0 Å². The van der Waals surface area contributed by atoms with Gasteiger partial charge in [0.25, 0.3) is 5.91 Å². The molecule has 1 atom stereocenters. The van der Waals surface area contributed by atoms with Gasteiger partial charge in [-0.15, -0.1) is 0 Å². The number of ether oxygens (including phenoxy) is 1. The van der Waals surface area contributed by atoms with Crippen LogP contribution in [0.2, 0.25) is 0 Å². The smallest absolute Gasteiger partial charge is 0.272 e. The number of carbonyl (C=O) groups excluding carboxylic acids is 1. The lowest BCUT2D eigenvalue weighted by Gasteiger charge is -2.16. The first-order valence-electron chi connectivity index (χ1n) is 9.36. The van der Waals surface area contributed by atoms with E-state index in [1.54, 1.807) is 0 Å². The van der Waals surface area contributed by atoms with Gasteiger partial charge < -0.3 is 15.4 Å². The Morgan fingerprint density at radius 3 is 2.77 bits per heavy atom. The first kappa shape index (κ1) is 18.5. The summed E-state index contributed by atoms with van der Waals surface area (Å²) in [4.78, 5) is 12.5. The Hall–Kier alpha value is -2.34. The lowest BCUT2D eigenvalue weighted by Crippen LogP contribution is -2.34. The van der Waals surface area contributed by atoms with Crippen molar-refractivity contribution in [2.45, 2.75) is 58.7 Å². The largest absolute Gasteiger partial charge is 0.491 e. The molecule has 6 heteroatoms. The van der Waals surface area contributed by atoms with Gasteiger partial charge in [-0.05, 0) is 51.3 Å². The highest BCUT2D eigenvalue weighted by molar-refractivity contribution is 5.94. The number of H-pyrrole nitrogens is 1. The number of amides is 1. The summed E-state index contributed by atoms with van der Waals surface area (Å²) >= 11 is 0. The molecule has 1 aliphatic rings. The number of hydrogen-bond donors (Lipinski definition) is 3. The average molecular weight is 356 g/mol. The standard InChI is InChI=1S/C20H28N4O2/c1-13(2)26-16-8-6-15(7-9-16)5-4-14(3)22-20(25)19-17-12-21-11-10-18(17)23-24-19/h6-9,13-14,21H,4-5,10-12H2,1-3H3,(H,22,25)(H,23,24). The maximum absolute atomic E-state index is 12.5. The Morgan fingerprint density at radius 1 is 1.27 bits per heavy atom. The third kappa shape index (κ3) is 4.64. The van der Waals surface area contributed by atoms with Gasteiger partial charge in [-0.25, -0.2) is 0 Å². The minimum Gasteiger partial charge on any atom is -0.491 e. The van der Waals surface area contributed by atoms with Crippen molar-refractivity contribution in [3.05, 3.63) is 46.8 Å². The molecule has 1 aromatic carbocycles. The molecule has 1 amide bonds. The SMILES string of the molecule is CC(CCc1ccc(OC(C)C)cc1)NC(=O)c1n[nH]c2c1CNCC2. The maximum atomic E-state index is 12.5. The second-order valence-corrected chi connectivity index (χ2v) is 7.18. The number of rotatable bonds is 7. The van der Waals surface area contributed by atoms with Crippen molar-refractivity contribution >= 4 is 5.91 Å². The molecule has 3 N–H and O–H groups in total. The van der Waals surface area contributed by atoms with E-state index in [9.17, 15) is 4.79 Å². The number of carbonyl (C=O) groups is 1. The van der Waals surface area contributed by atoms with Crippen molar-refractivity contribution in [3.8, 4) is 5.75 Å². The van der Waals surface area contributed by atoms with Crippen LogP contribution in [0.3, 0.4) is 0 Å². The highest BCUT2D eigenvalue weighted by Crippen LogP contribution is 2.17. The predicted molar refractivity (Wildman–Crippen MR) is 101 cm³/mol. The van der Waals surface area contributed by atoms with Crippen molar-refractivity contribution in [2.75, 3.05) is 6.54 Å². The Bertz CT molecular complexity index is 737. The topological polar surface area (TPSA) is 79.0 Å². The number of hydrogen-bond acceptors (Lipinski definition) is 4. The molecular formula is C20H28N4O2. The average Bonchev–Trinajstić information content (AvgIpc) is 3.05. The van der Waals surface area contributed by atoms with E-state index < -0.39 is 0 Å². The van der Waals surface area contributed by atoms with Crippen molar-refractivity contribution < 1.29 is 9.53 Å². The normalized spacial score (nSPS) is 14.8. The molecule has 3 rings (SSSR count). The molecule has 0 bridgehead atoms. The zero-order chi connectivity index (χ0) is 18.5. The molecule has 1 aromatic heterocycles. The van der Waals surface area contributed by atoms with Crippen LogP contribution in [-0.2, 0) is 19.4 Å². The van der Waals surface area contributed by atoms with Crippen LogP contribution in [-0.4, -0.2) is 34.8 Å². The van der Waals surface area contributed by atoms with Crippen LogP contribution in [0.4, 0.5) is 0 Å². The van der Waals surface area contributed by atoms with Crippen LogP contribution in [0.5, 0.6) is 5.75 Å². The van der Waals surface area contributed by atoms with Gasteiger partial charge >= 0.3 is 0 Å². The molecular weight excluding hydrogens is 328 g/mol. The molecule has 0 spiro atoms. The molecule has 0 radical (unpaired) electrons. The second kappa shape index (κ2) is 8.36. The number of fused-ring (bicyclic) bond motifs is 1. The lowest BCUT2D eigenvalue weighted by atomic mass is 10.0. The summed E-state index contributed by atoms with van der Waals surface area (Å²) in [7, 11) is 0. The van der Waals surface area contributed by atoms with Crippen LogP contribution in [0, 0.1) is 0 Å². The summed E-state index contributed by atoms with van der Waals surface area (Å²) in [6.45, 7) is 7.70. The van der Waals surface area contributed by atoms with Crippen LogP contribution in [0.15, 0.2) is 24.3 Å². The Balaban J connectivity index is 1.50. The first-order valence-corrected chi connectivity index (χ1v) is 9.36. The molecule has 0 saturated heterocycles. The van der Waals surface area contributed by atoms with Crippen molar-refractivity contribution in [2.24, 2.45) is 0 Å². The fourth-order valence-electron chi connectivity index (χ4n) is 3.17. The zero-order valence-electron chi connectivity index (χ0n) is 15.8. The molecule has 140 valence electrons. The van der Waals surface area contributed by atoms with Gasteiger partial charge in [-0.1, -0.05) is 12.1 Å². The molecule has 26 heavy (non-hydrogen) atoms. The van der Waals surface area contributed by atoms with Crippen LogP contribution < -0.4 is 15.4 Å². The molecule has 2 aromatic rings. The quantitative estimate of drug-likeness (QED) is 0.712. The van der Waals surface area contributed by atoms with Crippen LogP contribution in [0.1, 0.15) is 54.5 Å². The third-order valence-electron chi connectivity index (χ3n) is 4.56.